The molecule has 2 aromatic carbocycles. The molecule has 0 fully saturated rings. The highest BCUT2D eigenvalue weighted by Gasteiger charge is 2.31. The number of carbonyl (C=O) groups excluding carboxylic acids is 3. The maximum Gasteiger partial charge on any atom is 0.410 e. The molecule has 0 aromatic heterocycles. The van der Waals surface area contributed by atoms with Gasteiger partial charge in [0.05, 0.1) is 12.0 Å². The Labute approximate surface area is 200 Å². The van der Waals surface area contributed by atoms with Crippen LogP contribution < -0.4 is 0 Å². The lowest BCUT2D eigenvalue weighted by atomic mass is 9.92. The molecule has 6 nitrogen and oxygen atoms in total. The number of esters is 1. The molecule has 1 amide bonds. The zero-order valence-corrected chi connectivity index (χ0v) is 20.6. The maximum absolute atomic E-state index is 13.0. The van der Waals surface area contributed by atoms with E-state index in [2.05, 4.69) is 0 Å². The molecule has 7 heteroatoms. The Morgan fingerprint density at radius 1 is 0.970 bits per heavy atom. The first kappa shape index (κ1) is 26.4. The number of halogens is 1. The van der Waals surface area contributed by atoms with Crippen LogP contribution in [0.3, 0.4) is 0 Å². The van der Waals surface area contributed by atoms with E-state index in [1.807, 2.05) is 42.5 Å². The van der Waals surface area contributed by atoms with Gasteiger partial charge in [0.25, 0.3) is 0 Å². The Hall–Kier alpha value is -2.86. The van der Waals surface area contributed by atoms with Gasteiger partial charge in [-0.25, -0.2) is 4.79 Å². The predicted molar refractivity (Wildman–Crippen MR) is 128 cm³/mol. The van der Waals surface area contributed by atoms with Crippen LogP contribution in [-0.2, 0) is 32.1 Å². The third-order valence-electron chi connectivity index (χ3n) is 5.13. The van der Waals surface area contributed by atoms with Crippen molar-refractivity contribution < 1.29 is 23.9 Å². The SMILES string of the molecule is C[C@H](C(=O)C[C@H](Cc1ccc(Cl)cc1)C(=O)OCc1ccccc1)N(C)C(=O)OC(C)(C)C. The van der Waals surface area contributed by atoms with Crippen molar-refractivity contribution in [2.45, 2.75) is 58.8 Å². The summed E-state index contributed by atoms with van der Waals surface area (Å²) in [6.45, 7) is 7.03. The van der Waals surface area contributed by atoms with E-state index >= 15 is 0 Å². The molecule has 2 aromatic rings. The Morgan fingerprint density at radius 3 is 2.15 bits per heavy atom. The largest absolute Gasteiger partial charge is 0.461 e. The number of likely N-dealkylation sites (N-methyl/N-ethyl adjacent to an activating group) is 1. The molecule has 0 radical (unpaired) electrons. The molecule has 0 spiro atoms. The number of carbonyl (C=O) groups is 3. The lowest BCUT2D eigenvalue weighted by molar-refractivity contribution is -0.151. The second-order valence-electron chi connectivity index (χ2n) is 9.06. The molecule has 0 bridgehead atoms. The molecular weight excluding hydrogens is 442 g/mol. The third-order valence-corrected chi connectivity index (χ3v) is 5.38. The van der Waals surface area contributed by atoms with Gasteiger partial charge in [-0.3, -0.25) is 9.59 Å². The van der Waals surface area contributed by atoms with Crippen molar-refractivity contribution in [3.8, 4) is 0 Å². The third kappa shape index (κ3) is 8.89. The van der Waals surface area contributed by atoms with Crippen LogP contribution in [0.4, 0.5) is 4.79 Å². The van der Waals surface area contributed by atoms with Gasteiger partial charge in [-0.05, 0) is 57.4 Å². The Kier molecular flexibility index (Phi) is 9.47. The molecule has 0 N–H and O–H groups in total. The number of rotatable bonds is 9. The van der Waals surface area contributed by atoms with Crippen LogP contribution in [0.5, 0.6) is 0 Å². The summed E-state index contributed by atoms with van der Waals surface area (Å²) < 4.78 is 10.9. The van der Waals surface area contributed by atoms with Crippen LogP contribution in [0.25, 0.3) is 0 Å². The monoisotopic (exact) mass is 473 g/mol. The van der Waals surface area contributed by atoms with Crippen LogP contribution in [0.2, 0.25) is 5.02 Å². The van der Waals surface area contributed by atoms with E-state index in [0.29, 0.717) is 11.4 Å². The summed E-state index contributed by atoms with van der Waals surface area (Å²) in [6, 6.07) is 15.7. The highest BCUT2D eigenvalue weighted by molar-refractivity contribution is 6.30. The maximum atomic E-state index is 13.0. The minimum atomic E-state index is -0.755. The number of hydrogen-bond donors (Lipinski definition) is 0. The molecule has 0 heterocycles. The van der Waals surface area contributed by atoms with Crippen LogP contribution in [-0.4, -0.2) is 41.4 Å². The van der Waals surface area contributed by atoms with Crippen LogP contribution in [0.1, 0.15) is 45.2 Å². The first-order valence-corrected chi connectivity index (χ1v) is 11.3. The quantitative estimate of drug-likeness (QED) is 0.452. The molecule has 2 rings (SSSR count). The summed E-state index contributed by atoms with van der Waals surface area (Å²) in [6.07, 6.45) is -0.339. The second kappa shape index (κ2) is 11.8. The Morgan fingerprint density at radius 2 is 1.58 bits per heavy atom. The molecule has 0 unspecified atom stereocenters. The molecule has 0 aliphatic rings. The molecular formula is C26H32ClNO5. The predicted octanol–water partition coefficient (Wildman–Crippen LogP) is 5.46. The Bertz CT molecular complexity index is 937. The van der Waals surface area contributed by atoms with Crippen molar-refractivity contribution in [2.75, 3.05) is 7.05 Å². The standard InChI is InChI=1S/C26H32ClNO5/c1-18(28(5)25(31)33-26(2,3)4)23(29)16-21(15-19-11-13-22(27)14-12-19)24(30)32-17-20-9-7-6-8-10-20/h6-14,18,21H,15-17H2,1-5H3/t18-,21+/m1/s1. The highest BCUT2D eigenvalue weighted by atomic mass is 35.5. The molecule has 0 aliphatic heterocycles. The van der Waals surface area contributed by atoms with Gasteiger partial charge in [-0.2, -0.15) is 0 Å². The summed E-state index contributed by atoms with van der Waals surface area (Å²) in [4.78, 5) is 39.5. The van der Waals surface area contributed by atoms with Crippen molar-refractivity contribution in [3.63, 3.8) is 0 Å². The van der Waals surface area contributed by atoms with Crippen molar-refractivity contribution in [1.82, 2.24) is 4.90 Å². The molecule has 33 heavy (non-hydrogen) atoms. The van der Waals surface area contributed by atoms with Crippen LogP contribution in [0, 0.1) is 5.92 Å². The smallest absolute Gasteiger partial charge is 0.410 e. The average Bonchev–Trinajstić information content (AvgIpc) is 2.76. The minimum Gasteiger partial charge on any atom is -0.461 e. The topological polar surface area (TPSA) is 72.9 Å². The summed E-state index contributed by atoms with van der Waals surface area (Å²) in [5, 5.41) is 0.589. The first-order valence-electron chi connectivity index (χ1n) is 10.9. The van der Waals surface area contributed by atoms with Gasteiger partial charge >= 0.3 is 12.1 Å². The minimum absolute atomic E-state index is 0.0649. The normalized spacial score (nSPS) is 13.0. The van der Waals surface area contributed by atoms with Crippen LogP contribution in [0.15, 0.2) is 54.6 Å². The average molecular weight is 474 g/mol. The van der Waals surface area contributed by atoms with E-state index < -0.39 is 29.6 Å². The van der Waals surface area contributed by atoms with Gasteiger partial charge < -0.3 is 14.4 Å². The number of ether oxygens (including phenoxy) is 2. The van der Waals surface area contributed by atoms with Gasteiger partial charge in [0.1, 0.15) is 12.2 Å². The van der Waals surface area contributed by atoms with Crippen molar-refractivity contribution >= 4 is 29.4 Å². The summed E-state index contributed by atoms with van der Waals surface area (Å²) in [5.41, 5.74) is 1.05. The number of amides is 1. The number of hydrogen-bond acceptors (Lipinski definition) is 5. The zero-order valence-electron chi connectivity index (χ0n) is 19.8. The summed E-state index contributed by atoms with van der Waals surface area (Å²) in [7, 11) is 1.51. The van der Waals surface area contributed by atoms with Gasteiger partial charge in [0.2, 0.25) is 0 Å². The summed E-state index contributed by atoms with van der Waals surface area (Å²) in [5.74, 6) is -1.41. The number of ketones is 1. The van der Waals surface area contributed by atoms with Crippen molar-refractivity contribution in [3.05, 3.63) is 70.7 Å². The molecule has 0 saturated heterocycles. The van der Waals surface area contributed by atoms with Gasteiger partial charge in [-0.1, -0.05) is 54.1 Å². The fourth-order valence-electron chi connectivity index (χ4n) is 3.11. The van der Waals surface area contributed by atoms with Crippen molar-refractivity contribution in [1.29, 1.82) is 0 Å². The number of benzene rings is 2. The van der Waals surface area contributed by atoms with E-state index in [1.54, 1.807) is 39.8 Å². The zero-order chi connectivity index (χ0) is 24.6. The van der Waals surface area contributed by atoms with Gasteiger partial charge in [-0.15, -0.1) is 0 Å². The van der Waals surface area contributed by atoms with Crippen LogP contribution >= 0.6 is 11.6 Å². The summed E-state index contributed by atoms with van der Waals surface area (Å²) >= 11 is 5.97. The van der Waals surface area contributed by atoms with Crippen molar-refractivity contribution in [2.24, 2.45) is 5.92 Å². The van der Waals surface area contributed by atoms with Gasteiger partial charge in [0.15, 0.2) is 5.78 Å². The molecule has 178 valence electrons. The second-order valence-corrected chi connectivity index (χ2v) is 9.49. The molecule has 0 saturated carbocycles. The fraction of sp³-hybridized carbons (Fsp3) is 0.423. The lowest BCUT2D eigenvalue weighted by Gasteiger charge is -2.28. The number of nitrogens with zero attached hydrogens (tertiary/aromatic N) is 1. The molecule has 2 atom stereocenters. The molecule has 0 aliphatic carbocycles. The van der Waals surface area contributed by atoms with E-state index in [4.69, 9.17) is 21.1 Å². The number of Topliss-reactive ketones (excluding diaryl/α,β-unsaturated/α-hetero) is 1. The first-order chi connectivity index (χ1) is 15.5. The van der Waals surface area contributed by atoms with E-state index in [-0.39, 0.29) is 18.8 Å². The Balaban J connectivity index is 2.10. The fourth-order valence-corrected chi connectivity index (χ4v) is 3.24. The highest BCUT2D eigenvalue weighted by Crippen LogP contribution is 2.20. The van der Waals surface area contributed by atoms with Gasteiger partial charge in [0, 0.05) is 18.5 Å². The van der Waals surface area contributed by atoms with E-state index in [1.165, 1.54) is 11.9 Å². The van der Waals surface area contributed by atoms with E-state index in [9.17, 15) is 14.4 Å². The lowest BCUT2D eigenvalue weighted by Crippen LogP contribution is -2.44. The van der Waals surface area contributed by atoms with E-state index in [0.717, 1.165) is 11.1 Å².